The zero-order valence-electron chi connectivity index (χ0n) is 12.1. The van der Waals surface area contributed by atoms with Gasteiger partial charge in [0.05, 0.1) is 0 Å². The van der Waals surface area contributed by atoms with Crippen LogP contribution in [0.2, 0.25) is 0 Å². The number of fused-ring (bicyclic) bond motifs is 1. The molecule has 2 heteroatoms. The molecule has 3 rings (SSSR count). The smallest absolute Gasteiger partial charge is 0.123 e. The van der Waals surface area contributed by atoms with E-state index >= 15 is 0 Å². The van der Waals surface area contributed by atoms with Gasteiger partial charge in [-0.25, -0.2) is 0 Å². The molecule has 1 aromatic carbocycles. The van der Waals surface area contributed by atoms with Crippen LogP contribution in [0.4, 0.5) is 0 Å². The number of benzene rings is 1. The lowest BCUT2D eigenvalue weighted by molar-refractivity contribution is 0.214. The van der Waals surface area contributed by atoms with Gasteiger partial charge in [-0.2, -0.15) is 0 Å². The van der Waals surface area contributed by atoms with Gasteiger partial charge < -0.3 is 10.1 Å². The lowest BCUT2D eigenvalue weighted by Crippen LogP contribution is -2.39. The van der Waals surface area contributed by atoms with E-state index in [4.69, 9.17) is 4.74 Å². The van der Waals surface area contributed by atoms with Gasteiger partial charge in [0.25, 0.3) is 0 Å². The van der Waals surface area contributed by atoms with Crippen LogP contribution in [0.5, 0.6) is 5.75 Å². The van der Waals surface area contributed by atoms with Gasteiger partial charge in [0.2, 0.25) is 0 Å². The standard InChI is InChI=1S/C17H25NO/c1-12-7-8-17-15(9-12)10-16(19-17)11-18-13(2)14-5-3-4-6-14/h7-9,13-14,16,18H,3-6,10-11H2,1-2H3/t13-,16?/m1/s1. The molecular weight excluding hydrogens is 234 g/mol. The average Bonchev–Trinajstić information content (AvgIpc) is 3.04. The van der Waals surface area contributed by atoms with Gasteiger partial charge in [-0.15, -0.1) is 0 Å². The van der Waals surface area contributed by atoms with Crippen molar-refractivity contribution in [2.75, 3.05) is 6.54 Å². The molecule has 0 spiro atoms. The SMILES string of the molecule is Cc1ccc2c(c1)CC(CN[C@H](C)C1CCCC1)O2. The summed E-state index contributed by atoms with van der Waals surface area (Å²) in [4.78, 5) is 0. The topological polar surface area (TPSA) is 21.3 Å². The molecule has 2 atom stereocenters. The molecular formula is C17H25NO. The van der Waals surface area contributed by atoms with Crippen LogP contribution in [0.25, 0.3) is 0 Å². The van der Waals surface area contributed by atoms with Gasteiger partial charge in [-0.1, -0.05) is 30.5 Å². The number of ether oxygens (including phenoxy) is 1. The van der Waals surface area contributed by atoms with E-state index < -0.39 is 0 Å². The van der Waals surface area contributed by atoms with Gasteiger partial charge >= 0.3 is 0 Å². The highest BCUT2D eigenvalue weighted by atomic mass is 16.5. The predicted molar refractivity (Wildman–Crippen MR) is 78.7 cm³/mol. The Bertz CT molecular complexity index is 437. The maximum Gasteiger partial charge on any atom is 0.123 e. The molecule has 2 aliphatic rings. The molecule has 0 bridgehead atoms. The van der Waals surface area contributed by atoms with Crippen LogP contribution in [-0.4, -0.2) is 18.7 Å². The second-order valence-corrected chi connectivity index (χ2v) is 6.30. The summed E-state index contributed by atoms with van der Waals surface area (Å²) in [6, 6.07) is 7.15. The van der Waals surface area contributed by atoms with Crippen LogP contribution in [0.15, 0.2) is 18.2 Å². The van der Waals surface area contributed by atoms with Crippen LogP contribution in [0.1, 0.15) is 43.7 Å². The third-order valence-electron chi connectivity index (χ3n) is 4.73. The summed E-state index contributed by atoms with van der Waals surface area (Å²) in [5.74, 6) is 1.97. The molecule has 1 saturated carbocycles. The van der Waals surface area contributed by atoms with Crippen LogP contribution in [0.3, 0.4) is 0 Å². The minimum absolute atomic E-state index is 0.320. The molecule has 0 radical (unpaired) electrons. The summed E-state index contributed by atoms with van der Waals surface area (Å²) < 4.78 is 6.01. The van der Waals surface area contributed by atoms with Crippen LogP contribution >= 0.6 is 0 Å². The normalized spacial score (nSPS) is 24.2. The van der Waals surface area contributed by atoms with Gasteiger partial charge in [-0.05, 0) is 44.2 Å². The van der Waals surface area contributed by atoms with Gasteiger partial charge in [0.1, 0.15) is 11.9 Å². The second kappa shape index (κ2) is 5.54. The minimum Gasteiger partial charge on any atom is -0.488 e. The van der Waals surface area contributed by atoms with E-state index in [1.54, 1.807) is 0 Å². The zero-order chi connectivity index (χ0) is 13.2. The van der Waals surface area contributed by atoms with E-state index in [9.17, 15) is 0 Å². The lowest BCUT2D eigenvalue weighted by atomic mass is 9.99. The maximum atomic E-state index is 6.01. The highest BCUT2D eigenvalue weighted by molar-refractivity contribution is 5.40. The Labute approximate surface area is 116 Å². The van der Waals surface area contributed by atoms with E-state index in [-0.39, 0.29) is 0 Å². The molecule has 19 heavy (non-hydrogen) atoms. The Hall–Kier alpha value is -1.02. The van der Waals surface area contributed by atoms with E-state index in [1.807, 2.05) is 0 Å². The van der Waals surface area contributed by atoms with Crippen molar-refractivity contribution in [3.05, 3.63) is 29.3 Å². The molecule has 1 aromatic rings. The first-order valence-corrected chi connectivity index (χ1v) is 7.72. The van der Waals surface area contributed by atoms with E-state index in [0.29, 0.717) is 12.1 Å². The summed E-state index contributed by atoms with van der Waals surface area (Å²) in [5.41, 5.74) is 2.70. The third-order valence-corrected chi connectivity index (χ3v) is 4.73. The van der Waals surface area contributed by atoms with Gasteiger partial charge in [0, 0.05) is 19.0 Å². The molecule has 1 heterocycles. The highest BCUT2D eigenvalue weighted by Crippen LogP contribution is 2.30. The van der Waals surface area contributed by atoms with Crippen molar-refractivity contribution in [1.82, 2.24) is 5.32 Å². The zero-order valence-corrected chi connectivity index (χ0v) is 12.1. The average molecular weight is 259 g/mol. The Morgan fingerprint density at radius 1 is 1.32 bits per heavy atom. The second-order valence-electron chi connectivity index (χ2n) is 6.30. The number of hydrogen-bond acceptors (Lipinski definition) is 2. The summed E-state index contributed by atoms with van der Waals surface area (Å²) in [6.45, 7) is 5.46. The largest absolute Gasteiger partial charge is 0.488 e. The van der Waals surface area contributed by atoms with Crippen LogP contribution in [-0.2, 0) is 6.42 Å². The molecule has 1 aliphatic carbocycles. The van der Waals surface area contributed by atoms with E-state index in [1.165, 1.54) is 36.8 Å². The first-order chi connectivity index (χ1) is 9.22. The Balaban J connectivity index is 1.50. The fraction of sp³-hybridized carbons (Fsp3) is 0.647. The quantitative estimate of drug-likeness (QED) is 0.894. The molecule has 104 valence electrons. The van der Waals surface area contributed by atoms with Crippen molar-refractivity contribution in [2.24, 2.45) is 5.92 Å². The van der Waals surface area contributed by atoms with Gasteiger partial charge in [-0.3, -0.25) is 0 Å². The van der Waals surface area contributed by atoms with Crippen molar-refractivity contribution >= 4 is 0 Å². The number of aryl methyl sites for hydroxylation is 1. The molecule has 0 aromatic heterocycles. The van der Waals surface area contributed by atoms with E-state index in [2.05, 4.69) is 37.4 Å². The summed E-state index contributed by atoms with van der Waals surface area (Å²) in [7, 11) is 0. The fourth-order valence-electron chi connectivity index (χ4n) is 3.50. The summed E-state index contributed by atoms with van der Waals surface area (Å²) in [5, 5.41) is 3.69. The molecule has 0 saturated heterocycles. The predicted octanol–water partition coefficient (Wildman–Crippen LogP) is 3.47. The fourth-order valence-corrected chi connectivity index (χ4v) is 3.50. The molecule has 1 aliphatic heterocycles. The summed E-state index contributed by atoms with van der Waals surface area (Å²) >= 11 is 0. The monoisotopic (exact) mass is 259 g/mol. The first kappa shape index (κ1) is 13.0. The number of hydrogen-bond donors (Lipinski definition) is 1. The molecule has 2 nitrogen and oxygen atoms in total. The molecule has 1 unspecified atom stereocenters. The Morgan fingerprint density at radius 3 is 2.89 bits per heavy atom. The van der Waals surface area contributed by atoms with Gasteiger partial charge in [0.15, 0.2) is 0 Å². The maximum absolute atomic E-state index is 6.01. The molecule has 0 amide bonds. The Kier molecular flexibility index (Phi) is 3.79. The van der Waals surface area contributed by atoms with Crippen molar-refractivity contribution < 1.29 is 4.74 Å². The van der Waals surface area contributed by atoms with Crippen LogP contribution in [0, 0.1) is 12.8 Å². The number of rotatable bonds is 4. The van der Waals surface area contributed by atoms with Crippen molar-refractivity contribution in [3.63, 3.8) is 0 Å². The molecule has 1 N–H and O–H groups in total. The first-order valence-electron chi connectivity index (χ1n) is 7.72. The van der Waals surface area contributed by atoms with Crippen molar-refractivity contribution in [3.8, 4) is 5.75 Å². The third kappa shape index (κ3) is 2.94. The Morgan fingerprint density at radius 2 is 2.11 bits per heavy atom. The lowest BCUT2D eigenvalue weighted by Gasteiger charge is -2.22. The molecule has 1 fully saturated rings. The van der Waals surface area contributed by atoms with Crippen LogP contribution < -0.4 is 10.1 Å². The highest BCUT2D eigenvalue weighted by Gasteiger charge is 2.25. The number of nitrogens with one attached hydrogen (secondary N) is 1. The van der Waals surface area contributed by atoms with Crippen molar-refractivity contribution in [1.29, 1.82) is 0 Å². The summed E-state index contributed by atoms with van der Waals surface area (Å²) in [6.07, 6.45) is 7.02. The minimum atomic E-state index is 0.320. The van der Waals surface area contributed by atoms with E-state index in [0.717, 1.165) is 24.6 Å². The van der Waals surface area contributed by atoms with Crippen molar-refractivity contribution in [2.45, 2.75) is 58.1 Å².